The molecule has 1 fully saturated rings. The molecule has 0 aromatic heterocycles. The second-order valence-corrected chi connectivity index (χ2v) is 5.77. The summed E-state index contributed by atoms with van der Waals surface area (Å²) in [4.78, 5) is 0. The van der Waals surface area contributed by atoms with Crippen LogP contribution in [-0.2, 0) is 0 Å². The van der Waals surface area contributed by atoms with E-state index in [0.29, 0.717) is 25.2 Å². The van der Waals surface area contributed by atoms with Crippen LogP contribution >= 0.6 is 0 Å². The molecule has 1 aliphatic carbocycles. The maximum atomic E-state index is 5.76. The molecule has 0 amide bonds. The monoisotopic (exact) mass is 291 g/mol. The number of nitrogens with one attached hydrogen (secondary N) is 1. The summed E-state index contributed by atoms with van der Waals surface area (Å²) in [5, 5.41) is 3.46. The van der Waals surface area contributed by atoms with E-state index in [4.69, 9.17) is 9.47 Å². The molecule has 2 unspecified atom stereocenters. The molecule has 0 heterocycles. The van der Waals surface area contributed by atoms with Crippen molar-refractivity contribution in [3.8, 4) is 11.5 Å². The Hall–Kier alpha value is -1.22. The van der Waals surface area contributed by atoms with Crippen LogP contribution in [0.3, 0.4) is 0 Å². The molecule has 0 bridgehead atoms. The van der Waals surface area contributed by atoms with Crippen molar-refractivity contribution in [3.63, 3.8) is 0 Å². The lowest BCUT2D eigenvalue weighted by Crippen LogP contribution is -2.25. The Labute approximate surface area is 129 Å². The van der Waals surface area contributed by atoms with E-state index in [-0.39, 0.29) is 0 Å². The van der Waals surface area contributed by atoms with E-state index in [0.717, 1.165) is 11.5 Å². The third-order valence-corrected chi connectivity index (χ3v) is 4.37. The van der Waals surface area contributed by atoms with E-state index < -0.39 is 0 Å². The molecule has 0 saturated heterocycles. The maximum Gasteiger partial charge on any atom is 0.161 e. The minimum absolute atomic E-state index is 0.625. The van der Waals surface area contributed by atoms with Gasteiger partial charge >= 0.3 is 0 Å². The molecule has 1 aromatic carbocycles. The Bertz CT molecular complexity index is 433. The fourth-order valence-corrected chi connectivity index (χ4v) is 3.25. The van der Waals surface area contributed by atoms with Gasteiger partial charge in [-0.3, -0.25) is 0 Å². The van der Waals surface area contributed by atoms with Gasteiger partial charge in [-0.05, 0) is 63.8 Å². The highest BCUT2D eigenvalue weighted by Crippen LogP contribution is 2.36. The third kappa shape index (κ3) is 4.37. The van der Waals surface area contributed by atoms with Gasteiger partial charge in [0.15, 0.2) is 11.5 Å². The quantitative estimate of drug-likeness (QED) is 0.800. The predicted octanol–water partition coefficient (Wildman–Crippen LogP) is 4.12. The van der Waals surface area contributed by atoms with Gasteiger partial charge in [0.05, 0.1) is 13.2 Å². The van der Waals surface area contributed by atoms with Crippen LogP contribution in [0.4, 0.5) is 0 Å². The minimum atomic E-state index is 0.625. The Morgan fingerprint density at radius 1 is 1.05 bits per heavy atom. The van der Waals surface area contributed by atoms with E-state index in [9.17, 15) is 0 Å². The summed E-state index contributed by atoms with van der Waals surface area (Å²) < 4.78 is 11.4. The fourth-order valence-electron chi connectivity index (χ4n) is 3.25. The Balaban J connectivity index is 2.19. The van der Waals surface area contributed by atoms with Crippen molar-refractivity contribution in [1.82, 2.24) is 5.32 Å². The lowest BCUT2D eigenvalue weighted by atomic mass is 9.90. The fraction of sp³-hybridized carbons (Fsp3) is 0.667. The SMILES string of the molecule is CCOc1ccc(C2CCCCC(NC)C2)cc1OCC. The van der Waals surface area contributed by atoms with E-state index in [1.165, 1.54) is 37.7 Å². The molecular weight excluding hydrogens is 262 g/mol. The number of ether oxygens (including phenoxy) is 2. The van der Waals surface area contributed by atoms with E-state index in [2.05, 4.69) is 30.6 Å². The number of rotatable bonds is 6. The van der Waals surface area contributed by atoms with Crippen molar-refractivity contribution in [2.45, 2.75) is 57.9 Å². The molecule has 2 rings (SSSR count). The van der Waals surface area contributed by atoms with Crippen LogP contribution in [0.1, 0.15) is 57.4 Å². The minimum Gasteiger partial charge on any atom is -0.490 e. The summed E-state index contributed by atoms with van der Waals surface area (Å²) in [6.07, 6.45) is 6.44. The van der Waals surface area contributed by atoms with Crippen LogP contribution < -0.4 is 14.8 Å². The highest BCUT2D eigenvalue weighted by molar-refractivity contribution is 5.44. The summed E-state index contributed by atoms with van der Waals surface area (Å²) in [5.74, 6) is 2.38. The highest BCUT2D eigenvalue weighted by Gasteiger charge is 2.21. The lowest BCUT2D eigenvalue weighted by molar-refractivity contribution is 0.287. The van der Waals surface area contributed by atoms with Crippen molar-refractivity contribution >= 4 is 0 Å². The topological polar surface area (TPSA) is 30.5 Å². The number of hydrogen-bond donors (Lipinski definition) is 1. The first-order valence-electron chi connectivity index (χ1n) is 8.35. The summed E-state index contributed by atoms with van der Waals surface area (Å²) in [6.45, 7) is 5.37. The standard InChI is InChI=1S/C18H29NO2/c1-4-20-17-11-10-15(13-18(17)21-5-2)14-8-6-7-9-16(12-14)19-3/h10-11,13-14,16,19H,4-9,12H2,1-3H3. The van der Waals surface area contributed by atoms with Gasteiger partial charge in [0.1, 0.15) is 0 Å². The van der Waals surface area contributed by atoms with Gasteiger partial charge < -0.3 is 14.8 Å². The average Bonchev–Trinajstić information content (AvgIpc) is 2.75. The second-order valence-electron chi connectivity index (χ2n) is 5.77. The number of hydrogen-bond acceptors (Lipinski definition) is 3. The average molecular weight is 291 g/mol. The van der Waals surface area contributed by atoms with E-state index >= 15 is 0 Å². The van der Waals surface area contributed by atoms with Crippen molar-refractivity contribution in [1.29, 1.82) is 0 Å². The van der Waals surface area contributed by atoms with Crippen LogP contribution in [0.5, 0.6) is 11.5 Å². The summed E-state index contributed by atoms with van der Waals surface area (Å²) in [7, 11) is 2.08. The molecule has 3 nitrogen and oxygen atoms in total. The third-order valence-electron chi connectivity index (χ3n) is 4.37. The molecule has 0 radical (unpaired) electrons. The zero-order valence-electron chi connectivity index (χ0n) is 13.7. The smallest absolute Gasteiger partial charge is 0.161 e. The molecule has 21 heavy (non-hydrogen) atoms. The normalized spacial score (nSPS) is 22.6. The molecule has 1 saturated carbocycles. The van der Waals surface area contributed by atoms with E-state index in [1.807, 2.05) is 13.8 Å². The Kier molecular flexibility index (Phi) is 6.37. The second kappa shape index (κ2) is 8.28. The zero-order chi connectivity index (χ0) is 15.1. The van der Waals surface area contributed by atoms with Crippen molar-refractivity contribution in [2.75, 3.05) is 20.3 Å². The molecular formula is C18H29NO2. The zero-order valence-corrected chi connectivity index (χ0v) is 13.7. The van der Waals surface area contributed by atoms with Crippen LogP contribution in [0.25, 0.3) is 0 Å². The van der Waals surface area contributed by atoms with E-state index in [1.54, 1.807) is 0 Å². The molecule has 1 N–H and O–H groups in total. The molecule has 0 spiro atoms. The summed E-state index contributed by atoms with van der Waals surface area (Å²) in [6, 6.07) is 7.12. The maximum absolute atomic E-state index is 5.76. The van der Waals surface area contributed by atoms with Gasteiger partial charge in [0.2, 0.25) is 0 Å². The van der Waals surface area contributed by atoms with Gasteiger partial charge in [0.25, 0.3) is 0 Å². The van der Waals surface area contributed by atoms with Gasteiger partial charge in [-0.2, -0.15) is 0 Å². The first-order chi connectivity index (χ1) is 10.3. The van der Waals surface area contributed by atoms with Gasteiger partial charge in [0, 0.05) is 6.04 Å². The van der Waals surface area contributed by atoms with Crippen LogP contribution in [0.15, 0.2) is 18.2 Å². The first kappa shape index (κ1) is 16.2. The van der Waals surface area contributed by atoms with Gasteiger partial charge in [-0.25, -0.2) is 0 Å². The summed E-state index contributed by atoms with van der Waals surface area (Å²) >= 11 is 0. The molecule has 1 aromatic rings. The summed E-state index contributed by atoms with van der Waals surface area (Å²) in [5.41, 5.74) is 1.39. The first-order valence-corrected chi connectivity index (χ1v) is 8.35. The molecule has 1 aliphatic rings. The lowest BCUT2D eigenvalue weighted by Gasteiger charge is -2.21. The Morgan fingerprint density at radius 2 is 1.76 bits per heavy atom. The van der Waals surface area contributed by atoms with Crippen molar-refractivity contribution in [2.24, 2.45) is 0 Å². The van der Waals surface area contributed by atoms with Crippen molar-refractivity contribution in [3.05, 3.63) is 23.8 Å². The van der Waals surface area contributed by atoms with Crippen LogP contribution in [0.2, 0.25) is 0 Å². The van der Waals surface area contributed by atoms with Crippen LogP contribution in [0, 0.1) is 0 Å². The molecule has 2 atom stereocenters. The predicted molar refractivity (Wildman–Crippen MR) is 87.5 cm³/mol. The van der Waals surface area contributed by atoms with Crippen molar-refractivity contribution < 1.29 is 9.47 Å². The molecule has 0 aliphatic heterocycles. The Morgan fingerprint density at radius 3 is 2.48 bits per heavy atom. The largest absolute Gasteiger partial charge is 0.490 e. The highest BCUT2D eigenvalue weighted by atomic mass is 16.5. The molecule has 3 heteroatoms. The van der Waals surface area contributed by atoms with Gasteiger partial charge in [-0.15, -0.1) is 0 Å². The number of benzene rings is 1. The van der Waals surface area contributed by atoms with Crippen LogP contribution in [-0.4, -0.2) is 26.3 Å². The van der Waals surface area contributed by atoms with Gasteiger partial charge in [-0.1, -0.05) is 18.9 Å². The molecule has 118 valence electrons.